The van der Waals surface area contributed by atoms with E-state index in [1.54, 1.807) is 0 Å². The zero-order valence-electron chi connectivity index (χ0n) is 29.7. The molecular formula is C26H37N7O20P3S-5. The SMILES string of the molecule is CC(C)(COP(=O)([O-])OP(=O)([O-])OC[C@H]1O[C@@H](n2cnc3c(N)ncnc32)[C@H](O)[C@@H]1OP(=O)([O-])[O-])[C@@H](O)C(=O)NCCC(=O)NCCSC(=O)[C@H](O)CCC(=O)[O-]. The number of carbonyl (C=O) groups excluding carboxylic acids is 4. The van der Waals surface area contributed by atoms with E-state index in [1.807, 2.05) is 0 Å². The molecule has 2 amide bonds. The molecule has 0 aromatic carbocycles. The van der Waals surface area contributed by atoms with Gasteiger partial charge in [0.15, 0.2) is 17.7 Å². The average molecular weight is 893 g/mol. The second-order valence-corrected chi connectivity index (χ2v) is 17.7. The minimum absolute atomic E-state index is 0.0270. The molecule has 57 heavy (non-hydrogen) atoms. The molecule has 2 unspecified atom stereocenters. The van der Waals surface area contributed by atoms with E-state index in [0.29, 0.717) is 11.8 Å². The standard InChI is InChI=1S/C26H42N7O20P3S/c1-26(2,20(39)23(40)29-6-5-15(35)28-7-8-57-25(41)13(34)3-4-16(36)37)10-50-56(47,48)53-55(45,46)49-9-14-19(52-54(42,43)44)18(38)24(51-14)33-12-32-17-21(27)30-11-31-22(17)33/h11-14,18-20,24,34,38-39H,3-10H2,1-2H3,(H,28,35)(H,29,40)(H,36,37)(H,45,46)(H,47,48)(H2,27,30,31)(H2,42,43,44)/p-5/t13-,14-,18-,19-,20+,24-/m1/s1. The average Bonchev–Trinajstić information content (AvgIpc) is 3.66. The number of fused-ring (bicyclic) bond motifs is 1. The number of nitrogen functional groups attached to an aromatic ring is 1. The van der Waals surface area contributed by atoms with Crippen LogP contribution in [0, 0.1) is 5.41 Å². The number of nitrogens with two attached hydrogens (primary N) is 1. The van der Waals surface area contributed by atoms with Gasteiger partial charge in [-0.25, -0.2) is 19.3 Å². The van der Waals surface area contributed by atoms with E-state index >= 15 is 0 Å². The summed E-state index contributed by atoms with van der Waals surface area (Å²) in [6.07, 6.45) is -10.2. The van der Waals surface area contributed by atoms with Crippen molar-refractivity contribution in [2.24, 2.45) is 5.41 Å². The third-order valence-electron chi connectivity index (χ3n) is 7.62. The summed E-state index contributed by atoms with van der Waals surface area (Å²) >= 11 is 0.655. The van der Waals surface area contributed by atoms with Gasteiger partial charge in [-0.05, 0) is 12.8 Å². The van der Waals surface area contributed by atoms with Crippen LogP contribution in [0.2, 0.25) is 0 Å². The molecule has 0 bridgehead atoms. The van der Waals surface area contributed by atoms with Crippen molar-refractivity contribution in [3.63, 3.8) is 0 Å². The molecule has 2 aromatic rings. The van der Waals surface area contributed by atoms with Gasteiger partial charge in [0.2, 0.25) is 16.9 Å². The summed E-state index contributed by atoms with van der Waals surface area (Å²) in [4.78, 5) is 106. The Hall–Kier alpha value is -3.01. The lowest BCUT2D eigenvalue weighted by Crippen LogP contribution is -2.46. The maximum atomic E-state index is 12.5. The fourth-order valence-corrected chi connectivity index (χ4v) is 8.18. The van der Waals surface area contributed by atoms with Gasteiger partial charge in [0, 0.05) is 36.6 Å². The molecule has 1 aliphatic rings. The van der Waals surface area contributed by atoms with Gasteiger partial charge in [-0.2, -0.15) is 0 Å². The Bertz CT molecular complexity index is 1900. The van der Waals surface area contributed by atoms with E-state index in [1.165, 1.54) is 0 Å². The summed E-state index contributed by atoms with van der Waals surface area (Å²) in [5.41, 5.74) is 3.97. The summed E-state index contributed by atoms with van der Waals surface area (Å²) in [6, 6.07) is 0. The van der Waals surface area contributed by atoms with Crippen molar-refractivity contribution in [2.45, 2.75) is 69.9 Å². The number of aliphatic hydroxyl groups is 3. The van der Waals surface area contributed by atoms with Gasteiger partial charge in [0.25, 0.3) is 15.6 Å². The molecule has 0 aliphatic carbocycles. The Kier molecular flexibility index (Phi) is 17.2. The van der Waals surface area contributed by atoms with Crippen LogP contribution in [0.3, 0.4) is 0 Å². The number of carboxylic acids is 1. The van der Waals surface area contributed by atoms with Crippen molar-refractivity contribution in [1.29, 1.82) is 0 Å². The predicted molar refractivity (Wildman–Crippen MR) is 178 cm³/mol. The number of carbonyl (C=O) groups is 4. The lowest BCUT2D eigenvalue weighted by molar-refractivity contribution is -0.347. The summed E-state index contributed by atoms with van der Waals surface area (Å²) in [6.45, 7) is -0.380. The fourth-order valence-electron chi connectivity index (χ4n) is 4.73. The van der Waals surface area contributed by atoms with Crippen molar-refractivity contribution in [3.05, 3.63) is 12.7 Å². The number of phosphoric ester groups is 3. The van der Waals surface area contributed by atoms with E-state index in [9.17, 15) is 72.9 Å². The molecule has 2 aromatic heterocycles. The largest absolute Gasteiger partial charge is 0.790 e. The number of anilines is 1. The van der Waals surface area contributed by atoms with Crippen LogP contribution in [0.4, 0.5) is 5.82 Å². The number of ether oxygens (including phenoxy) is 1. The van der Waals surface area contributed by atoms with Gasteiger partial charge in [-0.3, -0.25) is 28.1 Å². The Labute approximate surface area is 326 Å². The third kappa shape index (κ3) is 15.0. The zero-order valence-corrected chi connectivity index (χ0v) is 33.2. The number of imidazole rings is 1. The van der Waals surface area contributed by atoms with Crippen LogP contribution in [0.25, 0.3) is 11.2 Å². The van der Waals surface area contributed by atoms with Crippen LogP contribution in [0.5, 0.6) is 0 Å². The van der Waals surface area contributed by atoms with Crippen LogP contribution in [-0.2, 0) is 55.5 Å². The second kappa shape index (κ2) is 20.3. The molecule has 3 heterocycles. The number of hydrogen-bond donors (Lipinski definition) is 6. The third-order valence-corrected chi connectivity index (χ3v) is 11.6. The van der Waals surface area contributed by atoms with Crippen LogP contribution in [0.15, 0.2) is 12.7 Å². The number of rotatable bonds is 23. The normalized spacial score (nSPS) is 22.0. The van der Waals surface area contributed by atoms with E-state index in [2.05, 4.69) is 43.5 Å². The molecule has 1 fully saturated rings. The number of nitrogens with zero attached hydrogens (tertiary/aromatic N) is 4. The number of aliphatic carboxylic acids is 1. The molecule has 8 atom stereocenters. The molecule has 0 saturated carbocycles. The molecule has 7 N–H and O–H groups in total. The van der Waals surface area contributed by atoms with E-state index in [0.717, 1.165) is 31.1 Å². The first-order chi connectivity index (χ1) is 26.3. The lowest BCUT2D eigenvalue weighted by atomic mass is 9.87. The number of thioether (sulfide) groups is 1. The van der Waals surface area contributed by atoms with Crippen LogP contribution >= 0.6 is 35.2 Å². The van der Waals surface area contributed by atoms with Crippen LogP contribution in [0.1, 0.15) is 39.3 Å². The highest BCUT2D eigenvalue weighted by molar-refractivity contribution is 8.13. The smallest absolute Gasteiger partial charge is 0.274 e. The number of aromatic nitrogens is 4. The van der Waals surface area contributed by atoms with Crippen molar-refractivity contribution in [2.75, 3.05) is 37.8 Å². The topological polar surface area (TPSA) is 435 Å². The number of phosphoric acid groups is 3. The summed E-state index contributed by atoms with van der Waals surface area (Å²) in [5, 5.41) is 45.2. The van der Waals surface area contributed by atoms with E-state index in [-0.39, 0.29) is 48.7 Å². The summed E-state index contributed by atoms with van der Waals surface area (Å²) in [7, 11) is -17.7. The van der Waals surface area contributed by atoms with E-state index < -0.39 is 108 Å². The van der Waals surface area contributed by atoms with Gasteiger partial charge in [-0.15, -0.1) is 0 Å². The van der Waals surface area contributed by atoms with E-state index in [4.69, 9.17) is 10.5 Å². The van der Waals surface area contributed by atoms with Gasteiger partial charge in [-0.1, -0.05) is 25.6 Å². The van der Waals surface area contributed by atoms with Crippen LogP contribution in [-0.4, -0.2) is 120 Å². The summed E-state index contributed by atoms with van der Waals surface area (Å²) in [5.74, 6) is -3.16. The molecule has 0 spiro atoms. The molecule has 322 valence electrons. The van der Waals surface area contributed by atoms with Gasteiger partial charge >= 0.3 is 0 Å². The highest BCUT2D eigenvalue weighted by Gasteiger charge is 2.47. The number of amides is 2. The maximum Gasteiger partial charge on any atom is 0.274 e. The highest BCUT2D eigenvalue weighted by atomic mass is 32.2. The number of aliphatic hydroxyl groups excluding tert-OH is 3. The second-order valence-electron chi connectivity index (χ2n) is 12.6. The van der Waals surface area contributed by atoms with Crippen LogP contribution < -0.4 is 41.0 Å². The molecule has 31 heteroatoms. The Balaban J connectivity index is 1.47. The van der Waals surface area contributed by atoms with Crippen molar-refractivity contribution >= 4 is 75.1 Å². The monoisotopic (exact) mass is 892 g/mol. The van der Waals surface area contributed by atoms with Crippen molar-refractivity contribution in [1.82, 2.24) is 30.2 Å². The fraction of sp³-hybridized carbons (Fsp3) is 0.654. The number of hydrogen-bond acceptors (Lipinski definition) is 25. The molecule has 0 radical (unpaired) electrons. The minimum Gasteiger partial charge on any atom is -0.790 e. The predicted octanol–water partition coefficient (Wildman–Crippen LogP) is -5.97. The van der Waals surface area contributed by atoms with Crippen molar-refractivity contribution in [3.8, 4) is 0 Å². The Morgan fingerprint density at radius 3 is 2.35 bits per heavy atom. The summed E-state index contributed by atoms with van der Waals surface area (Å²) < 4.78 is 60.3. The first kappa shape index (κ1) is 48.4. The first-order valence-electron chi connectivity index (χ1n) is 16.2. The van der Waals surface area contributed by atoms with Crippen molar-refractivity contribution < 1.29 is 95.5 Å². The number of carboxylic acid groups (broad SMARTS) is 1. The highest BCUT2D eigenvalue weighted by Crippen LogP contribution is 2.56. The molecule has 1 aliphatic heterocycles. The molecule has 27 nitrogen and oxygen atoms in total. The lowest BCUT2D eigenvalue weighted by Gasteiger charge is -2.36. The molecule has 3 rings (SSSR count). The van der Waals surface area contributed by atoms with Gasteiger partial charge in [0.1, 0.15) is 42.4 Å². The van der Waals surface area contributed by atoms with Gasteiger partial charge in [0.05, 0.1) is 27.4 Å². The molecular weight excluding hydrogens is 855 g/mol. The quantitative estimate of drug-likeness (QED) is 0.0447. The maximum absolute atomic E-state index is 12.5. The minimum atomic E-state index is -5.94. The zero-order chi connectivity index (χ0) is 42.9. The Morgan fingerprint density at radius 1 is 1.04 bits per heavy atom. The Morgan fingerprint density at radius 2 is 1.70 bits per heavy atom. The van der Waals surface area contributed by atoms with Gasteiger partial charge < -0.3 is 84.0 Å². The first-order valence-corrected chi connectivity index (χ1v) is 21.6. The number of nitrogens with one attached hydrogen (secondary N) is 2. The molecule has 1 saturated heterocycles.